The highest BCUT2D eigenvalue weighted by Gasteiger charge is 2.63. The van der Waals surface area contributed by atoms with Crippen molar-refractivity contribution in [3.8, 4) is 0 Å². The summed E-state index contributed by atoms with van der Waals surface area (Å²) in [5, 5.41) is 21.1. The maximum absolute atomic E-state index is 12.9. The second-order valence-corrected chi connectivity index (χ2v) is 18.1. The summed E-state index contributed by atoms with van der Waals surface area (Å²) in [4.78, 5) is 24.1. The van der Waals surface area contributed by atoms with E-state index in [1.54, 1.807) is 0 Å². The minimum Gasteiger partial charge on any atom is -0.481 e. The van der Waals surface area contributed by atoms with Crippen molar-refractivity contribution < 1.29 is 24.5 Å². The SMILES string of the molecule is CC/C=C\C/C=C\C/C=C\C/C=C\C/C=C\C/C=C\CCCCCCC(=O)OC1CCC2(C)C(CCC3C2CC(O)C2(C)C(C(C)CCC(=O)O)CCC32)C1. The van der Waals surface area contributed by atoms with E-state index in [-0.39, 0.29) is 35.4 Å². The smallest absolute Gasteiger partial charge is 0.306 e. The lowest BCUT2D eigenvalue weighted by Gasteiger charge is -2.62. The number of aliphatic carboxylic acids is 1. The summed E-state index contributed by atoms with van der Waals surface area (Å²) < 4.78 is 6.10. The van der Waals surface area contributed by atoms with Gasteiger partial charge in [0, 0.05) is 12.8 Å². The second-order valence-electron chi connectivity index (χ2n) is 18.1. The Labute approximate surface area is 335 Å². The van der Waals surface area contributed by atoms with E-state index in [2.05, 4.69) is 101 Å². The van der Waals surface area contributed by atoms with E-state index in [0.29, 0.717) is 48.3 Å². The van der Waals surface area contributed by atoms with Gasteiger partial charge in [-0.15, -0.1) is 0 Å². The van der Waals surface area contributed by atoms with Crippen molar-refractivity contribution in [2.24, 2.45) is 46.3 Å². The third kappa shape index (κ3) is 13.2. The predicted molar refractivity (Wildman–Crippen MR) is 228 cm³/mol. The molecule has 10 atom stereocenters. The molecule has 10 unspecified atom stereocenters. The van der Waals surface area contributed by atoms with Crippen LogP contribution in [0.15, 0.2) is 72.9 Å². The number of esters is 1. The van der Waals surface area contributed by atoms with Gasteiger partial charge >= 0.3 is 11.9 Å². The van der Waals surface area contributed by atoms with Crippen LogP contribution in [0.3, 0.4) is 0 Å². The molecular formula is C50H78O5. The molecule has 0 saturated heterocycles. The van der Waals surface area contributed by atoms with Crippen molar-refractivity contribution in [3.63, 3.8) is 0 Å². The topological polar surface area (TPSA) is 83.8 Å². The molecule has 4 rings (SSSR count). The Kier molecular flexibility index (Phi) is 19.3. The highest BCUT2D eigenvalue weighted by Crippen LogP contribution is 2.68. The van der Waals surface area contributed by atoms with Gasteiger partial charge in [0.1, 0.15) is 6.10 Å². The third-order valence-electron chi connectivity index (χ3n) is 14.7. The predicted octanol–water partition coefficient (Wildman–Crippen LogP) is 13.1. The molecule has 4 aliphatic carbocycles. The van der Waals surface area contributed by atoms with Crippen LogP contribution in [-0.2, 0) is 14.3 Å². The minimum absolute atomic E-state index is 0.0166. The van der Waals surface area contributed by atoms with Gasteiger partial charge in [0.2, 0.25) is 0 Å². The number of unbranched alkanes of at least 4 members (excludes halogenated alkanes) is 4. The van der Waals surface area contributed by atoms with Crippen LogP contribution in [-0.4, -0.2) is 34.4 Å². The first-order valence-electron chi connectivity index (χ1n) is 22.6. The van der Waals surface area contributed by atoms with Gasteiger partial charge in [-0.05, 0) is 162 Å². The summed E-state index contributed by atoms with van der Waals surface area (Å²) in [6.07, 6.45) is 48.1. The first-order valence-corrected chi connectivity index (χ1v) is 22.6. The summed E-state index contributed by atoms with van der Waals surface area (Å²) in [6.45, 7) is 9.21. The molecule has 0 aromatic rings. The number of rotatable bonds is 23. The molecular weight excluding hydrogens is 681 g/mol. The molecule has 0 aromatic carbocycles. The number of fused-ring (bicyclic) bond motifs is 5. The van der Waals surface area contributed by atoms with Gasteiger partial charge in [-0.25, -0.2) is 0 Å². The van der Waals surface area contributed by atoms with E-state index in [0.717, 1.165) is 96.3 Å². The number of hydrogen-bond donors (Lipinski definition) is 2. The lowest BCUT2D eigenvalue weighted by molar-refractivity contribution is -0.181. The van der Waals surface area contributed by atoms with E-state index >= 15 is 0 Å². The van der Waals surface area contributed by atoms with Crippen LogP contribution in [0.4, 0.5) is 0 Å². The molecule has 0 aliphatic heterocycles. The molecule has 2 N–H and O–H groups in total. The molecule has 5 heteroatoms. The van der Waals surface area contributed by atoms with Gasteiger partial charge in [0.25, 0.3) is 0 Å². The number of carboxylic acid groups (broad SMARTS) is 1. The zero-order chi connectivity index (χ0) is 39.5. The summed E-state index contributed by atoms with van der Waals surface area (Å²) in [5.41, 5.74) is 0.0908. The van der Waals surface area contributed by atoms with E-state index in [4.69, 9.17) is 4.74 Å². The van der Waals surface area contributed by atoms with Gasteiger partial charge in [-0.2, -0.15) is 0 Å². The molecule has 4 fully saturated rings. The van der Waals surface area contributed by atoms with Gasteiger partial charge in [-0.1, -0.05) is 113 Å². The highest BCUT2D eigenvalue weighted by molar-refractivity contribution is 5.69. The van der Waals surface area contributed by atoms with Gasteiger partial charge in [0.05, 0.1) is 6.10 Å². The quantitative estimate of drug-likeness (QED) is 0.0616. The number of hydrogen-bond acceptors (Lipinski definition) is 4. The van der Waals surface area contributed by atoms with Crippen LogP contribution < -0.4 is 0 Å². The van der Waals surface area contributed by atoms with Crippen molar-refractivity contribution in [3.05, 3.63) is 72.9 Å². The van der Waals surface area contributed by atoms with Crippen LogP contribution in [0.2, 0.25) is 0 Å². The monoisotopic (exact) mass is 759 g/mol. The Bertz CT molecular complexity index is 1340. The largest absolute Gasteiger partial charge is 0.481 e. The molecule has 308 valence electrons. The van der Waals surface area contributed by atoms with Crippen LogP contribution in [0.25, 0.3) is 0 Å². The Balaban J connectivity index is 1.04. The first kappa shape index (κ1) is 45.0. The lowest BCUT2D eigenvalue weighted by Crippen LogP contribution is -2.59. The first-order chi connectivity index (χ1) is 26.6. The normalized spacial score (nSPS) is 32.9. The molecule has 0 spiro atoms. The molecule has 0 aromatic heterocycles. The average Bonchev–Trinajstić information content (AvgIpc) is 3.53. The van der Waals surface area contributed by atoms with Crippen LogP contribution in [0.1, 0.15) is 169 Å². The van der Waals surface area contributed by atoms with E-state index in [1.165, 1.54) is 25.7 Å². The fourth-order valence-corrected chi connectivity index (χ4v) is 11.6. The highest BCUT2D eigenvalue weighted by atomic mass is 16.5. The van der Waals surface area contributed by atoms with Crippen molar-refractivity contribution in [2.45, 2.75) is 181 Å². The van der Waals surface area contributed by atoms with E-state index in [1.807, 2.05) is 0 Å². The van der Waals surface area contributed by atoms with Crippen molar-refractivity contribution in [2.75, 3.05) is 0 Å². The van der Waals surface area contributed by atoms with Crippen molar-refractivity contribution >= 4 is 11.9 Å². The Morgan fingerprint density at radius 3 is 1.93 bits per heavy atom. The van der Waals surface area contributed by atoms with Gasteiger partial charge in [0.15, 0.2) is 0 Å². The molecule has 4 aliphatic rings. The van der Waals surface area contributed by atoms with Gasteiger partial charge in [-0.3, -0.25) is 9.59 Å². The number of carboxylic acids is 1. The maximum atomic E-state index is 12.9. The fraction of sp³-hybridized carbons (Fsp3) is 0.720. The average molecular weight is 759 g/mol. The number of aliphatic hydroxyl groups excluding tert-OH is 1. The van der Waals surface area contributed by atoms with Crippen molar-refractivity contribution in [1.82, 2.24) is 0 Å². The summed E-state index contributed by atoms with van der Waals surface area (Å²) in [7, 11) is 0. The molecule has 5 nitrogen and oxygen atoms in total. The fourth-order valence-electron chi connectivity index (χ4n) is 11.6. The summed E-state index contributed by atoms with van der Waals surface area (Å²) in [6, 6.07) is 0. The van der Waals surface area contributed by atoms with Crippen molar-refractivity contribution in [1.29, 1.82) is 0 Å². The zero-order valence-corrected chi connectivity index (χ0v) is 35.2. The molecule has 0 amide bonds. The minimum atomic E-state index is -0.716. The zero-order valence-electron chi connectivity index (χ0n) is 35.2. The molecule has 0 radical (unpaired) electrons. The van der Waals surface area contributed by atoms with E-state index in [9.17, 15) is 19.8 Å². The number of ether oxygens (including phenoxy) is 1. The van der Waals surface area contributed by atoms with Gasteiger partial charge < -0.3 is 14.9 Å². The second kappa shape index (κ2) is 23.5. The van der Waals surface area contributed by atoms with Crippen LogP contribution >= 0.6 is 0 Å². The molecule has 55 heavy (non-hydrogen) atoms. The number of carbonyl (C=O) groups is 2. The van der Waals surface area contributed by atoms with Crippen LogP contribution in [0.5, 0.6) is 0 Å². The molecule has 0 bridgehead atoms. The summed E-state index contributed by atoms with van der Waals surface area (Å²) in [5.74, 6) is 2.24. The van der Waals surface area contributed by atoms with E-state index < -0.39 is 5.97 Å². The Morgan fingerprint density at radius 1 is 0.709 bits per heavy atom. The Morgan fingerprint density at radius 2 is 1.31 bits per heavy atom. The van der Waals surface area contributed by atoms with Crippen LogP contribution in [0, 0.1) is 46.3 Å². The molecule has 4 saturated carbocycles. The Hall–Kier alpha value is -2.66. The third-order valence-corrected chi connectivity index (χ3v) is 14.7. The standard InChI is InChI=1S/C50H78O5/c1-5-6-7-8-9-10-11-12-13-14-15-16-17-18-19-20-21-22-23-24-25-26-27-28-48(54)55-41-35-36-49(3)40(37-41)30-31-42-44-33-32-43(39(2)29-34-47(52)53)50(44,4)46(51)38-45(42)49/h6-7,9-10,12-13,15-16,18-19,21-22,39-46,51H,5,8,11,14,17,20,23-38H2,1-4H3,(H,52,53)/b7-6-,10-9-,13-12-,16-15-,19-18-,22-21-. The number of aliphatic hydroxyl groups is 1. The number of allylic oxidation sites excluding steroid dienone is 12. The molecule has 0 heterocycles. The summed E-state index contributed by atoms with van der Waals surface area (Å²) >= 11 is 0. The maximum Gasteiger partial charge on any atom is 0.306 e. The lowest BCUT2D eigenvalue weighted by atomic mass is 9.43. The number of carbonyl (C=O) groups excluding carboxylic acids is 1.